The predicted molar refractivity (Wildman–Crippen MR) is 225 cm³/mol. The minimum absolute atomic E-state index is 0.000303. The Labute approximate surface area is 375 Å². The van der Waals surface area contributed by atoms with Crippen LogP contribution in [0.2, 0.25) is 0 Å². The van der Waals surface area contributed by atoms with Gasteiger partial charge in [-0.15, -0.1) is 0 Å². The van der Waals surface area contributed by atoms with Gasteiger partial charge in [-0.1, -0.05) is 66.2 Å². The Bertz CT molecular complexity index is 1830. The summed E-state index contributed by atoms with van der Waals surface area (Å²) >= 11 is 0. The van der Waals surface area contributed by atoms with Gasteiger partial charge in [-0.2, -0.15) is 0 Å². The zero-order valence-electron chi connectivity index (χ0n) is 38.7. The first kappa shape index (κ1) is 49.8. The molecule has 17 heteroatoms. The number of carbonyl (C=O) groups excluding carboxylic acids is 1. The fourth-order valence-electron chi connectivity index (χ4n) is 14.5. The van der Waals surface area contributed by atoms with Crippen LogP contribution in [0.1, 0.15) is 107 Å². The summed E-state index contributed by atoms with van der Waals surface area (Å²) in [4.78, 5) is 25.6. The van der Waals surface area contributed by atoms with Crippen molar-refractivity contribution in [3.05, 3.63) is 23.3 Å². The molecule has 0 amide bonds. The summed E-state index contributed by atoms with van der Waals surface area (Å²) in [6.07, 6.45) is -13.8. The van der Waals surface area contributed by atoms with Gasteiger partial charge in [0, 0.05) is 11.0 Å². The van der Waals surface area contributed by atoms with E-state index in [0.29, 0.717) is 50.5 Å². The number of rotatable bonds is 9. The second-order valence-corrected chi connectivity index (χ2v) is 22.3. The number of carboxylic acid groups (broad SMARTS) is 1. The van der Waals surface area contributed by atoms with E-state index in [-0.39, 0.29) is 22.7 Å². The summed E-state index contributed by atoms with van der Waals surface area (Å²) in [5.74, 6) is -2.49. The van der Waals surface area contributed by atoms with Crippen LogP contribution in [0.5, 0.6) is 0 Å². The van der Waals surface area contributed by atoms with Gasteiger partial charge in [0.15, 0.2) is 18.7 Å². The van der Waals surface area contributed by atoms with E-state index in [4.69, 9.17) is 23.7 Å². The van der Waals surface area contributed by atoms with Crippen LogP contribution in [0.3, 0.4) is 0 Å². The van der Waals surface area contributed by atoms with Gasteiger partial charge < -0.3 is 74.7 Å². The molecule has 2 saturated heterocycles. The highest BCUT2D eigenvalue weighted by Gasteiger charge is 2.75. The SMILES string of the molecule is CC=C(C)C(=O)OC1CC(C)(C)CC2C3=CCC4C5(C)CCC(OC6OC(C(=O)O)C(O)C(O)C6OC6OC(CO)C(O)C(O)C6O)C(C)(C)C5CCC4(C)C3(C)C(O)C(O)C12CO. The number of esters is 1. The predicted octanol–water partition coefficient (Wildman–Crippen LogP) is 1.31. The van der Waals surface area contributed by atoms with E-state index >= 15 is 0 Å². The van der Waals surface area contributed by atoms with E-state index in [1.54, 1.807) is 19.9 Å². The molecule has 0 radical (unpaired) electrons. The molecule has 21 atom stereocenters. The number of ether oxygens (including phenoxy) is 5. The minimum Gasteiger partial charge on any atom is -0.479 e. The van der Waals surface area contributed by atoms with Crippen LogP contribution in [0.25, 0.3) is 0 Å². The number of allylic oxidation sites excluding steroid dienone is 2. The monoisotopic (exact) mass is 910 g/mol. The third-order valence-corrected chi connectivity index (χ3v) is 18.4. The number of aliphatic hydroxyl groups excluding tert-OH is 9. The fourth-order valence-corrected chi connectivity index (χ4v) is 14.5. The topological polar surface area (TPSA) is 283 Å². The summed E-state index contributed by atoms with van der Waals surface area (Å²) in [6.45, 7) is 17.1. The second-order valence-electron chi connectivity index (χ2n) is 22.3. The first-order valence-corrected chi connectivity index (χ1v) is 23.1. The number of fused-ring (bicyclic) bond motifs is 7. The van der Waals surface area contributed by atoms with Gasteiger partial charge in [-0.3, -0.25) is 0 Å². The first-order chi connectivity index (χ1) is 29.7. The lowest BCUT2D eigenvalue weighted by Crippen LogP contribution is -2.74. The molecule has 4 saturated carbocycles. The van der Waals surface area contributed by atoms with Crippen molar-refractivity contribution in [3.8, 4) is 0 Å². The Balaban J connectivity index is 1.19. The van der Waals surface area contributed by atoms with E-state index < -0.39 is 139 Å². The number of aliphatic carboxylic acids is 1. The molecule has 7 aliphatic rings. The maximum Gasteiger partial charge on any atom is 0.335 e. The van der Waals surface area contributed by atoms with Crippen molar-refractivity contribution in [2.45, 2.75) is 193 Å². The minimum atomic E-state index is -1.99. The second kappa shape index (κ2) is 17.1. The molecule has 2 aliphatic heterocycles. The van der Waals surface area contributed by atoms with Crippen LogP contribution < -0.4 is 0 Å². The normalized spacial score (nSPS) is 51.1. The third kappa shape index (κ3) is 7.28. The Kier molecular flexibility index (Phi) is 13.3. The van der Waals surface area contributed by atoms with Crippen molar-refractivity contribution in [2.75, 3.05) is 13.2 Å². The Morgan fingerprint density at radius 2 is 1.45 bits per heavy atom. The van der Waals surface area contributed by atoms with E-state index in [9.17, 15) is 60.7 Å². The summed E-state index contributed by atoms with van der Waals surface area (Å²) in [5, 5.41) is 110. The van der Waals surface area contributed by atoms with Crippen molar-refractivity contribution < 1.29 is 84.3 Å². The number of hydrogen-bond acceptors (Lipinski definition) is 16. The average Bonchev–Trinajstić information content (AvgIpc) is 3.23. The van der Waals surface area contributed by atoms with Gasteiger partial charge >= 0.3 is 11.9 Å². The molecule has 7 rings (SSSR count). The number of aliphatic hydroxyl groups is 9. The fraction of sp³-hybridized carbons (Fsp3) is 0.872. The zero-order chi connectivity index (χ0) is 47.4. The van der Waals surface area contributed by atoms with Gasteiger partial charge in [0.05, 0.1) is 36.9 Å². The van der Waals surface area contributed by atoms with E-state index in [1.165, 1.54) is 0 Å². The van der Waals surface area contributed by atoms with E-state index in [1.807, 2.05) is 0 Å². The quantitative estimate of drug-likeness (QED) is 0.0676. The number of carbonyl (C=O) groups is 2. The van der Waals surface area contributed by atoms with Crippen molar-refractivity contribution >= 4 is 11.9 Å². The molecule has 64 heavy (non-hydrogen) atoms. The molecular weight excluding hydrogens is 836 g/mol. The molecule has 2 heterocycles. The van der Waals surface area contributed by atoms with Crippen LogP contribution >= 0.6 is 0 Å². The molecule has 0 aromatic carbocycles. The highest BCUT2D eigenvalue weighted by atomic mass is 16.8. The van der Waals surface area contributed by atoms with Gasteiger partial charge in [-0.25, -0.2) is 9.59 Å². The Morgan fingerprint density at radius 3 is 2.06 bits per heavy atom. The van der Waals surface area contributed by atoms with Crippen molar-refractivity contribution in [1.29, 1.82) is 0 Å². The molecule has 0 bridgehead atoms. The molecule has 21 unspecified atom stereocenters. The molecule has 6 fully saturated rings. The van der Waals surface area contributed by atoms with Gasteiger partial charge in [0.2, 0.25) is 0 Å². The molecule has 364 valence electrons. The molecule has 10 N–H and O–H groups in total. The van der Waals surface area contributed by atoms with E-state index in [0.717, 1.165) is 5.57 Å². The van der Waals surface area contributed by atoms with Crippen molar-refractivity contribution in [1.82, 2.24) is 0 Å². The van der Waals surface area contributed by atoms with Crippen LogP contribution in [-0.4, -0.2) is 162 Å². The van der Waals surface area contributed by atoms with Crippen LogP contribution in [0.15, 0.2) is 23.3 Å². The lowest BCUT2D eigenvalue weighted by Gasteiger charge is -2.73. The molecule has 0 aromatic rings. The molecular formula is C47H74O17. The molecule has 5 aliphatic carbocycles. The summed E-state index contributed by atoms with van der Waals surface area (Å²) in [6, 6.07) is 0. The van der Waals surface area contributed by atoms with Crippen LogP contribution in [0, 0.1) is 50.2 Å². The highest BCUT2D eigenvalue weighted by Crippen LogP contribution is 2.76. The van der Waals surface area contributed by atoms with Crippen LogP contribution in [-0.2, 0) is 33.3 Å². The molecule has 17 nitrogen and oxygen atoms in total. The first-order valence-electron chi connectivity index (χ1n) is 23.1. The lowest BCUT2D eigenvalue weighted by molar-refractivity contribution is -0.374. The van der Waals surface area contributed by atoms with E-state index in [2.05, 4.69) is 54.5 Å². The lowest BCUT2D eigenvalue weighted by atomic mass is 9.32. The molecule has 0 aromatic heterocycles. The van der Waals surface area contributed by atoms with Crippen LogP contribution in [0.4, 0.5) is 0 Å². The maximum absolute atomic E-state index is 13.3. The Hall–Kier alpha value is -2.10. The Morgan fingerprint density at radius 1 is 0.781 bits per heavy atom. The summed E-state index contributed by atoms with van der Waals surface area (Å²) in [7, 11) is 0. The summed E-state index contributed by atoms with van der Waals surface area (Å²) in [5.41, 5.74) is -2.73. The average molecular weight is 911 g/mol. The molecule has 0 spiro atoms. The highest BCUT2D eigenvalue weighted by molar-refractivity contribution is 5.87. The maximum atomic E-state index is 13.3. The largest absolute Gasteiger partial charge is 0.479 e. The van der Waals surface area contributed by atoms with Gasteiger partial charge in [0.25, 0.3) is 0 Å². The zero-order valence-corrected chi connectivity index (χ0v) is 38.7. The summed E-state index contributed by atoms with van der Waals surface area (Å²) < 4.78 is 30.1. The van der Waals surface area contributed by atoms with Crippen molar-refractivity contribution in [2.24, 2.45) is 50.2 Å². The standard InChI is InChI=1S/C47H74O17/c1-10-21(2)39(59)61-28-18-42(3,4)17-23-22-11-12-26-44(7)15-14-27(43(5,6)25(44)13-16-45(26,8)46(22,9)36(55)37(56)47(23,28)20-49)62-41-35(32(53)31(52)34(63-41)38(57)58)64-40-33(54)30(51)29(50)24(19-48)60-40/h10-11,23-37,40-41,48-56H,12-20H2,1-9H3,(H,57,58). The van der Waals surface area contributed by atoms with Crippen molar-refractivity contribution in [3.63, 3.8) is 0 Å². The third-order valence-electron chi connectivity index (χ3n) is 18.4. The number of hydrogen-bond donors (Lipinski definition) is 10. The number of carboxylic acids is 1. The van der Waals surface area contributed by atoms with Gasteiger partial charge in [-0.05, 0) is 98.2 Å². The van der Waals surface area contributed by atoms with Gasteiger partial charge in [0.1, 0.15) is 48.8 Å². The smallest absolute Gasteiger partial charge is 0.335 e.